The monoisotopic (exact) mass is 350 g/mol. The van der Waals surface area contributed by atoms with Crippen molar-refractivity contribution < 1.29 is 4.52 Å². The number of hydrogen-bond donors (Lipinski definition) is 1. The highest BCUT2D eigenvalue weighted by atomic mass is 79.9. The van der Waals surface area contributed by atoms with Crippen LogP contribution in [0.2, 0.25) is 0 Å². The average Bonchev–Trinajstić information content (AvgIpc) is 2.97. The summed E-state index contributed by atoms with van der Waals surface area (Å²) in [5.74, 6) is 1.34. The molecular formula is C15H19BrN4O. The standard InChI is InChI=1S/C15H19BrN4O/c1-17-13-5-7-20(8-6-13)10-14-18-15(19-21-14)11-3-2-4-12(16)9-11/h2-4,9,13,17H,5-8,10H2,1H3. The third-order valence-electron chi connectivity index (χ3n) is 3.91. The Balaban J connectivity index is 1.63. The van der Waals surface area contributed by atoms with Gasteiger partial charge in [0, 0.05) is 29.2 Å². The molecule has 1 fully saturated rings. The Morgan fingerprint density at radius 2 is 2.19 bits per heavy atom. The third kappa shape index (κ3) is 3.70. The second-order valence-electron chi connectivity index (χ2n) is 5.36. The summed E-state index contributed by atoms with van der Waals surface area (Å²) >= 11 is 3.46. The number of benzene rings is 1. The molecule has 3 rings (SSSR count). The number of hydrogen-bond acceptors (Lipinski definition) is 5. The summed E-state index contributed by atoms with van der Waals surface area (Å²) in [6.45, 7) is 2.87. The maximum atomic E-state index is 5.38. The van der Waals surface area contributed by atoms with Crippen molar-refractivity contribution in [2.45, 2.75) is 25.4 Å². The third-order valence-corrected chi connectivity index (χ3v) is 4.40. The molecule has 0 amide bonds. The molecule has 1 N–H and O–H groups in total. The lowest BCUT2D eigenvalue weighted by atomic mass is 10.1. The van der Waals surface area contributed by atoms with E-state index in [1.54, 1.807) is 0 Å². The summed E-state index contributed by atoms with van der Waals surface area (Å²) in [6.07, 6.45) is 2.34. The van der Waals surface area contributed by atoms with Crippen molar-refractivity contribution >= 4 is 15.9 Å². The highest BCUT2D eigenvalue weighted by Crippen LogP contribution is 2.21. The molecule has 2 aromatic rings. The Morgan fingerprint density at radius 1 is 1.38 bits per heavy atom. The van der Waals surface area contributed by atoms with Gasteiger partial charge in [-0.3, -0.25) is 4.90 Å². The quantitative estimate of drug-likeness (QED) is 0.918. The van der Waals surface area contributed by atoms with Crippen molar-refractivity contribution in [3.05, 3.63) is 34.6 Å². The fourth-order valence-electron chi connectivity index (χ4n) is 2.63. The summed E-state index contributed by atoms with van der Waals surface area (Å²) in [4.78, 5) is 6.87. The molecule has 1 aromatic heterocycles. The highest BCUT2D eigenvalue weighted by molar-refractivity contribution is 9.10. The summed E-state index contributed by atoms with van der Waals surface area (Å²) in [6, 6.07) is 8.57. The van der Waals surface area contributed by atoms with Crippen molar-refractivity contribution in [2.75, 3.05) is 20.1 Å². The maximum Gasteiger partial charge on any atom is 0.241 e. The molecule has 0 bridgehead atoms. The van der Waals surface area contributed by atoms with Crippen LogP contribution in [0.1, 0.15) is 18.7 Å². The Hall–Kier alpha value is -1.24. The van der Waals surface area contributed by atoms with Gasteiger partial charge in [-0.2, -0.15) is 4.98 Å². The van der Waals surface area contributed by atoms with E-state index in [9.17, 15) is 0 Å². The van der Waals surface area contributed by atoms with E-state index in [2.05, 4.69) is 36.3 Å². The number of piperidine rings is 1. The minimum absolute atomic E-state index is 0.640. The second kappa shape index (κ2) is 6.68. The van der Waals surface area contributed by atoms with E-state index in [0.717, 1.165) is 29.7 Å². The predicted octanol–water partition coefficient (Wildman–Crippen LogP) is 2.68. The van der Waals surface area contributed by atoms with Crippen LogP contribution in [0.4, 0.5) is 0 Å². The highest BCUT2D eigenvalue weighted by Gasteiger charge is 2.20. The molecule has 0 spiro atoms. The molecule has 0 aliphatic carbocycles. The SMILES string of the molecule is CNC1CCN(Cc2nc(-c3cccc(Br)c3)no2)CC1. The van der Waals surface area contributed by atoms with E-state index in [1.807, 2.05) is 31.3 Å². The fraction of sp³-hybridized carbons (Fsp3) is 0.467. The number of halogens is 1. The van der Waals surface area contributed by atoms with Gasteiger partial charge in [-0.25, -0.2) is 0 Å². The first-order chi connectivity index (χ1) is 10.2. The molecular weight excluding hydrogens is 332 g/mol. The van der Waals surface area contributed by atoms with Crippen molar-refractivity contribution in [3.63, 3.8) is 0 Å². The molecule has 6 heteroatoms. The molecule has 21 heavy (non-hydrogen) atoms. The molecule has 112 valence electrons. The van der Waals surface area contributed by atoms with Gasteiger partial charge < -0.3 is 9.84 Å². The topological polar surface area (TPSA) is 54.2 Å². The van der Waals surface area contributed by atoms with E-state index in [4.69, 9.17) is 4.52 Å². The zero-order valence-electron chi connectivity index (χ0n) is 12.1. The lowest BCUT2D eigenvalue weighted by Crippen LogP contribution is -2.40. The van der Waals surface area contributed by atoms with Crippen molar-refractivity contribution in [1.29, 1.82) is 0 Å². The Bertz CT molecular complexity index is 593. The van der Waals surface area contributed by atoms with E-state index < -0.39 is 0 Å². The largest absolute Gasteiger partial charge is 0.338 e. The van der Waals surface area contributed by atoms with Gasteiger partial charge in [0.1, 0.15) is 0 Å². The van der Waals surface area contributed by atoms with Gasteiger partial charge in [0.25, 0.3) is 0 Å². The Labute approximate surface area is 132 Å². The van der Waals surface area contributed by atoms with Crippen molar-refractivity contribution in [2.24, 2.45) is 0 Å². The van der Waals surface area contributed by atoms with Crippen LogP contribution < -0.4 is 5.32 Å². The summed E-state index contributed by atoms with van der Waals surface area (Å²) < 4.78 is 6.40. The van der Waals surface area contributed by atoms with Crippen LogP contribution in [0.5, 0.6) is 0 Å². The van der Waals surface area contributed by atoms with E-state index in [1.165, 1.54) is 12.8 Å². The molecule has 2 heterocycles. The molecule has 1 aliphatic heterocycles. The second-order valence-corrected chi connectivity index (χ2v) is 6.28. The average molecular weight is 351 g/mol. The first kappa shape index (κ1) is 14.7. The number of nitrogens with one attached hydrogen (secondary N) is 1. The molecule has 0 atom stereocenters. The van der Waals surface area contributed by atoms with Gasteiger partial charge in [-0.15, -0.1) is 0 Å². The van der Waals surface area contributed by atoms with Crippen LogP contribution in [0, 0.1) is 0 Å². The van der Waals surface area contributed by atoms with E-state index >= 15 is 0 Å². The summed E-state index contributed by atoms with van der Waals surface area (Å²) in [5, 5.41) is 7.41. The normalized spacial score (nSPS) is 17.2. The first-order valence-electron chi connectivity index (χ1n) is 7.23. The lowest BCUT2D eigenvalue weighted by Gasteiger charge is -2.30. The van der Waals surface area contributed by atoms with Gasteiger partial charge >= 0.3 is 0 Å². The van der Waals surface area contributed by atoms with Crippen LogP contribution in [0.15, 0.2) is 33.3 Å². The fourth-order valence-corrected chi connectivity index (χ4v) is 3.03. The van der Waals surface area contributed by atoms with Gasteiger partial charge in [0.2, 0.25) is 11.7 Å². The van der Waals surface area contributed by atoms with Gasteiger partial charge in [0.05, 0.1) is 6.54 Å². The summed E-state index contributed by atoms with van der Waals surface area (Å²) in [7, 11) is 2.03. The number of aromatic nitrogens is 2. The van der Waals surface area contributed by atoms with Crippen LogP contribution >= 0.6 is 15.9 Å². The van der Waals surface area contributed by atoms with Gasteiger partial charge in [-0.05, 0) is 32.0 Å². The Kier molecular flexibility index (Phi) is 4.67. The molecule has 0 saturated carbocycles. The van der Waals surface area contributed by atoms with Crippen LogP contribution in [-0.2, 0) is 6.54 Å². The molecule has 1 saturated heterocycles. The number of rotatable bonds is 4. The number of likely N-dealkylation sites (tertiary alicyclic amines) is 1. The minimum atomic E-state index is 0.640. The molecule has 1 aliphatic rings. The first-order valence-corrected chi connectivity index (χ1v) is 8.02. The van der Waals surface area contributed by atoms with E-state index in [0.29, 0.717) is 17.8 Å². The zero-order valence-corrected chi connectivity index (χ0v) is 13.6. The molecule has 0 unspecified atom stereocenters. The molecule has 0 radical (unpaired) electrons. The zero-order chi connectivity index (χ0) is 14.7. The predicted molar refractivity (Wildman–Crippen MR) is 84.8 cm³/mol. The van der Waals surface area contributed by atoms with Gasteiger partial charge in [0.15, 0.2) is 0 Å². The molecule has 1 aromatic carbocycles. The van der Waals surface area contributed by atoms with E-state index in [-0.39, 0.29) is 0 Å². The van der Waals surface area contributed by atoms with Crippen LogP contribution in [0.25, 0.3) is 11.4 Å². The van der Waals surface area contributed by atoms with Crippen molar-refractivity contribution in [1.82, 2.24) is 20.4 Å². The number of nitrogens with zero attached hydrogens (tertiary/aromatic N) is 3. The van der Waals surface area contributed by atoms with Crippen molar-refractivity contribution in [3.8, 4) is 11.4 Å². The van der Waals surface area contributed by atoms with Crippen LogP contribution in [-0.4, -0.2) is 41.2 Å². The summed E-state index contributed by atoms with van der Waals surface area (Å²) in [5.41, 5.74) is 0.966. The molecule has 5 nitrogen and oxygen atoms in total. The van der Waals surface area contributed by atoms with Gasteiger partial charge in [-0.1, -0.05) is 33.2 Å². The van der Waals surface area contributed by atoms with Crippen LogP contribution in [0.3, 0.4) is 0 Å². The smallest absolute Gasteiger partial charge is 0.241 e. The Morgan fingerprint density at radius 3 is 2.90 bits per heavy atom. The minimum Gasteiger partial charge on any atom is -0.338 e. The lowest BCUT2D eigenvalue weighted by molar-refractivity contribution is 0.173. The maximum absolute atomic E-state index is 5.38.